The second-order valence-electron chi connectivity index (χ2n) is 13.5. The van der Waals surface area contributed by atoms with Gasteiger partial charge in [-0.1, -0.05) is 44.2 Å². The fourth-order valence-corrected chi connectivity index (χ4v) is 6.10. The first kappa shape index (κ1) is 46.0. The molecule has 3 rings (SSSR count). The lowest BCUT2D eigenvalue weighted by Gasteiger charge is -2.36. The van der Waals surface area contributed by atoms with Crippen LogP contribution in [0.4, 0.5) is 18.8 Å². The van der Waals surface area contributed by atoms with Crippen molar-refractivity contribution in [1.82, 2.24) is 14.9 Å². The predicted molar refractivity (Wildman–Crippen MR) is 190 cm³/mol. The summed E-state index contributed by atoms with van der Waals surface area (Å²) < 4.78 is 82.2. The molecule has 0 spiro atoms. The van der Waals surface area contributed by atoms with Gasteiger partial charge in [0.1, 0.15) is 25.0 Å². The van der Waals surface area contributed by atoms with Gasteiger partial charge in [0, 0.05) is 12.3 Å². The molecule has 1 saturated heterocycles. The smallest absolute Gasteiger partial charge is 0.445 e. The van der Waals surface area contributed by atoms with E-state index >= 15 is 4.39 Å². The van der Waals surface area contributed by atoms with Gasteiger partial charge in [-0.05, 0) is 46.1 Å². The van der Waals surface area contributed by atoms with E-state index in [0.29, 0.717) is 0 Å². The molecule has 0 saturated carbocycles. The zero-order valence-electron chi connectivity index (χ0n) is 32.0. The molecule has 1 amide bonds. The van der Waals surface area contributed by atoms with Crippen LogP contribution in [0.3, 0.4) is 0 Å². The Labute approximate surface area is 321 Å². The van der Waals surface area contributed by atoms with Crippen molar-refractivity contribution in [3.05, 3.63) is 69.0 Å². The average molecular weight is 822 g/mol. The van der Waals surface area contributed by atoms with E-state index in [1.807, 2.05) is 4.98 Å². The summed E-state index contributed by atoms with van der Waals surface area (Å²) in [5.41, 5.74) is -5.88. The van der Waals surface area contributed by atoms with Crippen LogP contribution in [0.15, 0.2) is 52.2 Å². The summed E-state index contributed by atoms with van der Waals surface area (Å²) >= 11 is 0. The molecule has 1 aliphatic heterocycles. The van der Waals surface area contributed by atoms with Gasteiger partial charge < -0.3 is 43.6 Å². The number of rotatable bonds is 20. The minimum atomic E-state index is -5.03. The molecular weight excluding hydrogens is 772 g/mol. The Morgan fingerprint density at radius 3 is 2.05 bits per heavy atom. The number of phosphoric ester groups is 1. The van der Waals surface area contributed by atoms with Crippen LogP contribution in [0, 0.1) is 5.92 Å². The van der Waals surface area contributed by atoms with Crippen molar-refractivity contribution in [3.63, 3.8) is 0 Å². The SMILES string of the molecule is CC(C)OC(=O)OCOP(=O)(OCOC(=O)OC(C)C)OCC1(CF)OC(n2ccc(=O)[nH]c2=O)C(C)(O)C1OCC(NC(=O)OCc1ccccc1)C(C)C. The van der Waals surface area contributed by atoms with Crippen molar-refractivity contribution >= 4 is 26.2 Å². The van der Waals surface area contributed by atoms with E-state index < -0.39 is 113 Å². The number of carbonyl (C=O) groups is 3. The number of carbonyl (C=O) groups excluding carboxylic acids is 3. The summed E-state index contributed by atoms with van der Waals surface area (Å²) in [4.78, 5) is 63.3. The molecule has 3 N–H and O–H groups in total. The number of phosphoric acid groups is 1. The Morgan fingerprint density at radius 2 is 1.54 bits per heavy atom. The van der Waals surface area contributed by atoms with Gasteiger partial charge in [-0.2, -0.15) is 0 Å². The van der Waals surface area contributed by atoms with E-state index in [1.54, 1.807) is 44.2 Å². The first-order valence-corrected chi connectivity index (χ1v) is 18.8. The first-order valence-electron chi connectivity index (χ1n) is 17.4. The maximum atomic E-state index is 15.5. The molecule has 0 aliphatic carbocycles. The lowest BCUT2D eigenvalue weighted by atomic mass is 9.88. The van der Waals surface area contributed by atoms with Gasteiger partial charge in [-0.25, -0.2) is 37.2 Å². The fraction of sp³-hybridized carbons (Fsp3) is 0.618. The number of ether oxygens (including phenoxy) is 7. The Bertz CT molecular complexity index is 1720. The van der Waals surface area contributed by atoms with Gasteiger partial charge >= 0.3 is 31.9 Å². The molecule has 1 aliphatic rings. The number of halogens is 1. The third-order valence-corrected chi connectivity index (χ3v) is 9.14. The second kappa shape index (κ2) is 20.7. The summed E-state index contributed by atoms with van der Waals surface area (Å²) in [6.07, 6.45) is -7.02. The second-order valence-corrected chi connectivity index (χ2v) is 15.2. The molecule has 0 radical (unpaired) electrons. The normalized spacial score (nSPS) is 21.5. The van der Waals surface area contributed by atoms with Gasteiger partial charge in [0.05, 0.1) is 31.5 Å². The molecule has 2 heterocycles. The Kier molecular flexibility index (Phi) is 17.0. The van der Waals surface area contributed by atoms with Crippen LogP contribution in [-0.2, 0) is 57.9 Å². The molecule has 5 atom stereocenters. The Hall–Kier alpha value is -4.37. The minimum Gasteiger partial charge on any atom is -0.445 e. The molecule has 56 heavy (non-hydrogen) atoms. The van der Waals surface area contributed by atoms with Crippen LogP contribution in [0.2, 0.25) is 0 Å². The number of hydrogen-bond donors (Lipinski definition) is 3. The molecule has 1 aromatic carbocycles. The molecular formula is C34H49FN3O17P. The van der Waals surface area contributed by atoms with Crippen LogP contribution in [0.5, 0.6) is 0 Å². The molecule has 1 fully saturated rings. The number of nitrogens with zero attached hydrogens (tertiary/aromatic N) is 1. The van der Waals surface area contributed by atoms with E-state index in [4.69, 9.17) is 46.7 Å². The number of hydrogen-bond acceptors (Lipinski definition) is 17. The molecule has 1 aromatic heterocycles. The summed E-state index contributed by atoms with van der Waals surface area (Å²) in [5, 5.41) is 14.6. The van der Waals surface area contributed by atoms with Crippen molar-refractivity contribution in [2.24, 2.45) is 5.92 Å². The molecule has 20 nitrogen and oxygen atoms in total. The average Bonchev–Trinajstić information content (AvgIpc) is 3.33. The van der Waals surface area contributed by atoms with Crippen molar-refractivity contribution < 1.29 is 75.2 Å². The Balaban J connectivity index is 1.91. The number of aliphatic hydroxyl groups is 1. The standard InChI is InChI=1S/C34H49FN3O17P/c1-21(2)25(36-30(41)47-15-24-11-9-8-10-12-24)16-46-27-33(7,44)28(38-14-13-26(39)37-29(38)40)55-34(27,17-35)18-50-56(45,51-19-48-31(42)53-22(3)4)52-20-49-32(43)54-23(5)6/h8-14,21-23,25,27-28,44H,15-20H2,1-7H3,(H,36,41)(H,37,39,40). The highest BCUT2D eigenvalue weighted by Crippen LogP contribution is 2.53. The molecule has 22 heteroatoms. The fourth-order valence-electron chi connectivity index (χ4n) is 5.13. The third kappa shape index (κ3) is 13.4. The lowest BCUT2D eigenvalue weighted by molar-refractivity contribution is -0.153. The van der Waals surface area contributed by atoms with Crippen LogP contribution in [0.1, 0.15) is 60.3 Å². The highest BCUT2D eigenvalue weighted by Gasteiger charge is 2.64. The van der Waals surface area contributed by atoms with E-state index in [1.165, 1.54) is 27.7 Å². The summed E-state index contributed by atoms with van der Waals surface area (Å²) in [6, 6.07) is 9.02. The van der Waals surface area contributed by atoms with Gasteiger partial charge in [0.15, 0.2) is 11.8 Å². The van der Waals surface area contributed by atoms with Crippen LogP contribution < -0.4 is 16.6 Å². The quantitative estimate of drug-likeness (QED) is 0.0737. The highest BCUT2D eigenvalue weighted by atomic mass is 31.2. The predicted octanol–water partition coefficient (Wildman–Crippen LogP) is 4.06. The zero-order valence-corrected chi connectivity index (χ0v) is 32.9. The van der Waals surface area contributed by atoms with Crippen LogP contribution in [-0.4, -0.2) is 102 Å². The number of aromatic nitrogens is 2. The lowest BCUT2D eigenvalue weighted by Crippen LogP contribution is -2.56. The number of benzene rings is 1. The molecule has 2 aromatic rings. The number of H-pyrrole nitrogens is 1. The topological polar surface area (TPSA) is 248 Å². The third-order valence-electron chi connectivity index (χ3n) is 7.85. The van der Waals surface area contributed by atoms with Crippen LogP contribution >= 0.6 is 7.82 Å². The molecule has 314 valence electrons. The van der Waals surface area contributed by atoms with Crippen LogP contribution in [0.25, 0.3) is 0 Å². The zero-order chi connectivity index (χ0) is 41.7. The molecule has 0 bridgehead atoms. The van der Waals surface area contributed by atoms with E-state index in [-0.39, 0.29) is 12.5 Å². The van der Waals surface area contributed by atoms with Crippen molar-refractivity contribution in [2.45, 2.75) is 96.9 Å². The monoisotopic (exact) mass is 821 g/mol. The van der Waals surface area contributed by atoms with E-state index in [9.17, 15) is 33.6 Å². The largest absolute Gasteiger partial charge is 0.510 e. The summed E-state index contributed by atoms with van der Waals surface area (Å²) in [7, 11) is -5.03. The minimum absolute atomic E-state index is 0.0421. The van der Waals surface area contributed by atoms with Crippen molar-refractivity contribution in [3.8, 4) is 0 Å². The number of aromatic amines is 1. The summed E-state index contributed by atoms with van der Waals surface area (Å²) in [6.45, 7) is 5.45. The van der Waals surface area contributed by atoms with Crippen molar-refractivity contribution in [2.75, 3.05) is 33.5 Å². The first-order chi connectivity index (χ1) is 26.3. The Morgan fingerprint density at radius 1 is 0.946 bits per heavy atom. The van der Waals surface area contributed by atoms with Gasteiger partial charge in [0.25, 0.3) is 5.56 Å². The summed E-state index contributed by atoms with van der Waals surface area (Å²) in [5.74, 6) is -0.327. The van der Waals surface area contributed by atoms with Gasteiger partial charge in [0.2, 0.25) is 13.6 Å². The maximum absolute atomic E-state index is 15.5. The van der Waals surface area contributed by atoms with Gasteiger partial charge in [-0.3, -0.25) is 18.9 Å². The van der Waals surface area contributed by atoms with Gasteiger partial charge in [-0.15, -0.1) is 0 Å². The number of alkyl carbamates (subject to hydrolysis) is 1. The highest BCUT2D eigenvalue weighted by molar-refractivity contribution is 7.48. The molecule has 5 unspecified atom stereocenters. The number of alkyl halides is 1. The van der Waals surface area contributed by atoms with Crippen molar-refractivity contribution in [1.29, 1.82) is 0 Å². The van der Waals surface area contributed by atoms with E-state index in [2.05, 4.69) is 5.32 Å². The number of nitrogens with one attached hydrogen (secondary N) is 2. The number of amides is 1. The van der Waals surface area contributed by atoms with E-state index in [0.717, 1.165) is 29.3 Å². The maximum Gasteiger partial charge on any atom is 0.510 e.